The third-order valence-corrected chi connectivity index (χ3v) is 5.17. The van der Waals surface area contributed by atoms with Gasteiger partial charge in [-0.15, -0.1) is 11.3 Å². The molecule has 1 saturated heterocycles. The van der Waals surface area contributed by atoms with Gasteiger partial charge in [0, 0.05) is 37.6 Å². The molecule has 122 valence electrons. The smallest absolute Gasteiger partial charge is 0.267 e. The summed E-state index contributed by atoms with van der Waals surface area (Å²) < 4.78 is 0. The van der Waals surface area contributed by atoms with Crippen LogP contribution in [0.25, 0.3) is 0 Å². The van der Waals surface area contributed by atoms with Crippen molar-refractivity contribution >= 4 is 28.6 Å². The lowest BCUT2D eigenvalue weighted by atomic mass is 10.2. The summed E-state index contributed by atoms with van der Waals surface area (Å²) in [7, 11) is 2.15. The molecule has 0 saturated carbocycles. The molecule has 3 rings (SSSR count). The molecule has 0 bridgehead atoms. The van der Waals surface area contributed by atoms with Crippen molar-refractivity contribution in [3.05, 3.63) is 39.8 Å². The number of nitrogens with zero attached hydrogens (tertiary/aromatic N) is 3. The van der Waals surface area contributed by atoms with Gasteiger partial charge in [-0.3, -0.25) is 4.79 Å². The van der Waals surface area contributed by atoms with E-state index < -0.39 is 0 Å². The highest BCUT2D eigenvalue weighted by Gasteiger charge is 2.16. The summed E-state index contributed by atoms with van der Waals surface area (Å²) in [5.41, 5.74) is 2.82. The van der Waals surface area contributed by atoms with Crippen LogP contribution in [-0.4, -0.2) is 49.0 Å². The van der Waals surface area contributed by atoms with E-state index in [2.05, 4.69) is 39.3 Å². The lowest BCUT2D eigenvalue weighted by molar-refractivity contribution is 0.103. The van der Waals surface area contributed by atoms with Crippen LogP contribution in [0.5, 0.6) is 0 Å². The van der Waals surface area contributed by atoms with Crippen molar-refractivity contribution in [2.24, 2.45) is 0 Å². The molecule has 0 aliphatic carbocycles. The SMILES string of the molecule is Cc1nc(C)c(C(=O)Nc2ccc(N3CCN(C)CC3)cc2)s1. The fraction of sp³-hybridized carbons (Fsp3) is 0.412. The van der Waals surface area contributed by atoms with Gasteiger partial charge >= 0.3 is 0 Å². The molecule has 6 heteroatoms. The number of carbonyl (C=O) groups is 1. The van der Waals surface area contributed by atoms with Gasteiger partial charge < -0.3 is 15.1 Å². The molecular weight excluding hydrogens is 308 g/mol. The Hall–Kier alpha value is -1.92. The molecule has 1 aromatic carbocycles. The number of likely N-dealkylation sites (N-methyl/N-ethyl adjacent to an activating group) is 1. The first-order valence-electron chi connectivity index (χ1n) is 7.82. The van der Waals surface area contributed by atoms with Gasteiger partial charge in [-0.25, -0.2) is 4.98 Å². The van der Waals surface area contributed by atoms with E-state index in [9.17, 15) is 4.79 Å². The number of carbonyl (C=O) groups excluding carboxylic acids is 1. The van der Waals surface area contributed by atoms with Crippen molar-refractivity contribution in [1.82, 2.24) is 9.88 Å². The molecule has 1 amide bonds. The van der Waals surface area contributed by atoms with Crippen LogP contribution in [0, 0.1) is 13.8 Å². The zero-order chi connectivity index (χ0) is 16.4. The van der Waals surface area contributed by atoms with E-state index in [0.717, 1.165) is 42.6 Å². The largest absolute Gasteiger partial charge is 0.369 e. The molecule has 0 atom stereocenters. The first-order chi connectivity index (χ1) is 11.0. The number of rotatable bonds is 3. The Morgan fingerprint density at radius 1 is 1.13 bits per heavy atom. The van der Waals surface area contributed by atoms with Crippen LogP contribution >= 0.6 is 11.3 Å². The molecule has 5 nitrogen and oxygen atoms in total. The summed E-state index contributed by atoms with van der Waals surface area (Å²) in [4.78, 5) is 22.0. The molecule has 2 aromatic rings. The summed E-state index contributed by atoms with van der Waals surface area (Å²) in [5, 5.41) is 3.87. The quantitative estimate of drug-likeness (QED) is 0.940. The predicted molar refractivity (Wildman–Crippen MR) is 95.7 cm³/mol. The standard InChI is InChI=1S/C17H22N4OS/c1-12-16(23-13(2)18-12)17(22)19-14-4-6-15(7-5-14)21-10-8-20(3)9-11-21/h4-7H,8-11H2,1-3H3,(H,19,22). The van der Waals surface area contributed by atoms with Crippen LogP contribution < -0.4 is 10.2 Å². The third-order valence-electron chi connectivity index (χ3n) is 4.10. The number of piperazine rings is 1. The number of nitrogens with one attached hydrogen (secondary N) is 1. The van der Waals surface area contributed by atoms with Gasteiger partial charge in [0.1, 0.15) is 4.88 Å². The van der Waals surface area contributed by atoms with Gasteiger partial charge in [-0.05, 0) is 45.2 Å². The van der Waals surface area contributed by atoms with Crippen molar-refractivity contribution in [3.8, 4) is 0 Å². The van der Waals surface area contributed by atoms with E-state index in [1.54, 1.807) is 0 Å². The zero-order valence-corrected chi connectivity index (χ0v) is 14.6. The predicted octanol–water partition coefficient (Wildman–Crippen LogP) is 2.76. The Morgan fingerprint density at radius 3 is 2.35 bits per heavy atom. The number of aromatic nitrogens is 1. The minimum absolute atomic E-state index is 0.0829. The van der Waals surface area contributed by atoms with Gasteiger partial charge in [0.15, 0.2) is 0 Å². The van der Waals surface area contributed by atoms with Gasteiger partial charge in [0.05, 0.1) is 10.7 Å². The summed E-state index contributed by atoms with van der Waals surface area (Å²) in [5.74, 6) is -0.0829. The summed E-state index contributed by atoms with van der Waals surface area (Å²) >= 11 is 1.43. The average Bonchev–Trinajstić information content (AvgIpc) is 2.88. The minimum Gasteiger partial charge on any atom is -0.369 e. The summed E-state index contributed by atoms with van der Waals surface area (Å²) in [6, 6.07) is 8.08. The Labute approximate surface area is 140 Å². The van der Waals surface area contributed by atoms with Crippen LogP contribution in [0.3, 0.4) is 0 Å². The summed E-state index contributed by atoms with van der Waals surface area (Å²) in [6.07, 6.45) is 0. The summed E-state index contributed by atoms with van der Waals surface area (Å²) in [6.45, 7) is 8.04. The van der Waals surface area contributed by atoms with Crippen LogP contribution in [-0.2, 0) is 0 Å². The monoisotopic (exact) mass is 330 g/mol. The molecule has 0 unspecified atom stereocenters. The normalized spacial score (nSPS) is 15.7. The molecule has 1 N–H and O–H groups in total. The number of aryl methyl sites for hydroxylation is 2. The Morgan fingerprint density at radius 2 is 1.78 bits per heavy atom. The second kappa shape index (κ2) is 6.68. The van der Waals surface area contributed by atoms with Crippen molar-refractivity contribution in [3.63, 3.8) is 0 Å². The first kappa shape index (κ1) is 16.0. The van der Waals surface area contributed by atoms with Crippen molar-refractivity contribution in [2.45, 2.75) is 13.8 Å². The lowest BCUT2D eigenvalue weighted by Gasteiger charge is -2.34. The Kier molecular flexibility index (Phi) is 4.63. The van der Waals surface area contributed by atoms with Crippen molar-refractivity contribution < 1.29 is 4.79 Å². The number of thiazole rings is 1. The Balaban J connectivity index is 1.65. The number of anilines is 2. The van der Waals surface area contributed by atoms with Crippen LogP contribution in [0.4, 0.5) is 11.4 Å². The molecule has 1 aliphatic rings. The molecule has 23 heavy (non-hydrogen) atoms. The molecule has 0 radical (unpaired) electrons. The maximum Gasteiger partial charge on any atom is 0.267 e. The van der Waals surface area contributed by atoms with Gasteiger partial charge in [0.25, 0.3) is 5.91 Å². The first-order valence-corrected chi connectivity index (χ1v) is 8.63. The highest BCUT2D eigenvalue weighted by atomic mass is 32.1. The number of hydrogen-bond donors (Lipinski definition) is 1. The van der Waals surface area contributed by atoms with Crippen LogP contribution in [0.1, 0.15) is 20.4 Å². The van der Waals surface area contributed by atoms with Crippen molar-refractivity contribution in [1.29, 1.82) is 0 Å². The Bertz CT molecular complexity index is 687. The van der Waals surface area contributed by atoms with E-state index in [0.29, 0.717) is 4.88 Å². The average molecular weight is 330 g/mol. The lowest BCUT2D eigenvalue weighted by Crippen LogP contribution is -2.44. The number of benzene rings is 1. The minimum atomic E-state index is -0.0829. The van der Waals surface area contributed by atoms with Crippen molar-refractivity contribution in [2.75, 3.05) is 43.4 Å². The zero-order valence-electron chi connectivity index (χ0n) is 13.8. The second-order valence-corrected chi connectivity index (χ2v) is 7.14. The van der Waals surface area contributed by atoms with E-state index in [1.165, 1.54) is 17.0 Å². The topological polar surface area (TPSA) is 48.5 Å². The molecule has 1 fully saturated rings. The van der Waals surface area contributed by atoms with Gasteiger partial charge in [-0.1, -0.05) is 0 Å². The third kappa shape index (κ3) is 3.71. The molecule has 0 spiro atoms. The van der Waals surface area contributed by atoms with E-state index in [-0.39, 0.29) is 5.91 Å². The maximum absolute atomic E-state index is 12.3. The van der Waals surface area contributed by atoms with Crippen LogP contribution in [0.2, 0.25) is 0 Å². The fourth-order valence-corrected chi connectivity index (χ4v) is 3.57. The number of hydrogen-bond acceptors (Lipinski definition) is 5. The maximum atomic E-state index is 12.3. The van der Waals surface area contributed by atoms with E-state index in [1.807, 2.05) is 26.0 Å². The van der Waals surface area contributed by atoms with Gasteiger partial charge in [-0.2, -0.15) is 0 Å². The highest BCUT2D eigenvalue weighted by molar-refractivity contribution is 7.13. The fourth-order valence-electron chi connectivity index (χ4n) is 2.75. The van der Waals surface area contributed by atoms with Crippen LogP contribution in [0.15, 0.2) is 24.3 Å². The molecular formula is C17H22N4OS. The molecule has 2 heterocycles. The number of amides is 1. The van der Waals surface area contributed by atoms with E-state index in [4.69, 9.17) is 0 Å². The van der Waals surface area contributed by atoms with Gasteiger partial charge in [0.2, 0.25) is 0 Å². The van der Waals surface area contributed by atoms with E-state index >= 15 is 0 Å². The highest BCUT2D eigenvalue weighted by Crippen LogP contribution is 2.22. The molecule has 1 aliphatic heterocycles. The molecule has 1 aromatic heterocycles. The second-order valence-electron chi connectivity index (χ2n) is 5.94.